The predicted octanol–water partition coefficient (Wildman–Crippen LogP) is 5.65. The fourth-order valence-electron chi connectivity index (χ4n) is 3.09. The van der Waals surface area contributed by atoms with Crippen molar-refractivity contribution in [1.82, 2.24) is 0 Å². The summed E-state index contributed by atoms with van der Waals surface area (Å²) >= 11 is 0. The molecule has 0 aliphatic heterocycles. The molecule has 0 radical (unpaired) electrons. The molecule has 0 aromatic heterocycles. The Morgan fingerprint density at radius 2 is 1.62 bits per heavy atom. The predicted molar refractivity (Wildman–Crippen MR) is 128 cm³/mol. The van der Waals surface area contributed by atoms with Crippen LogP contribution in [0.1, 0.15) is 36.5 Å². The topological polar surface area (TPSA) is 58.5 Å². The first-order valence-corrected chi connectivity index (χ1v) is 11.0. The first kappa shape index (κ1) is 25.3. The Balaban J connectivity index is 1.68. The number of allylic oxidation sites excluding steroid dienone is 1. The highest BCUT2D eigenvalue weighted by Crippen LogP contribution is 2.28. The molecule has 0 unspecified atom stereocenters. The zero-order valence-corrected chi connectivity index (χ0v) is 19.6. The van der Waals surface area contributed by atoms with Gasteiger partial charge in [-0.1, -0.05) is 29.4 Å². The molecule has 2 aromatic rings. The molecule has 0 saturated carbocycles. The highest BCUT2D eigenvalue weighted by atomic mass is 16.6. The average molecular weight is 442 g/mol. The summed E-state index contributed by atoms with van der Waals surface area (Å²) in [6.07, 6.45) is 7.38. The van der Waals surface area contributed by atoms with Crippen molar-refractivity contribution < 1.29 is 23.8 Å². The summed E-state index contributed by atoms with van der Waals surface area (Å²) in [6.45, 7) is 8.86. The fourth-order valence-corrected chi connectivity index (χ4v) is 3.09. The van der Waals surface area contributed by atoms with Crippen molar-refractivity contribution in [2.75, 3.05) is 33.5 Å². The van der Waals surface area contributed by atoms with E-state index in [0.29, 0.717) is 33.0 Å². The van der Waals surface area contributed by atoms with E-state index >= 15 is 0 Å². The van der Waals surface area contributed by atoms with Crippen molar-refractivity contribution in [2.24, 2.45) is 5.16 Å². The number of rotatable bonds is 15. The number of benzene rings is 2. The molecule has 2 aromatic carbocycles. The molecule has 174 valence electrons. The molecule has 0 saturated heterocycles. The summed E-state index contributed by atoms with van der Waals surface area (Å²) in [5.74, 6) is 2.65. The summed E-state index contributed by atoms with van der Waals surface area (Å²) in [7, 11) is 1.51. The van der Waals surface area contributed by atoms with Gasteiger partial charge in [0.2, 0.25) is 0 Å². The SMILES string of the molecule is C/C=C/COc1cc(C)c(OCCCCOc2cccc(COC/C=N/OC)c2)c(C)c1. The quantitative estimate of drug-likeness (QED) is 0.155. The van der Waals surface area contributed by atoms with Crippen LogP contribution in [0.2, 0.25) is 0 Å². The minimum atomic E-state index is 0.407. The number of ether oxygens (including phenoxy) is 4. The second kappa shape index (κ2) is 14.9. The van der Waals surface area contributed by atoms with Gasteiger partial charge in [-0.2, -0.15) is 0 Å². The van der Waals surface area contributed by atoms with Gasteiger partial charge in [0.25, 0.3) is 0 Å². The molecule has 0 aliphatic rings. The summed E-state index contributed by atoms with van der Waals surface area (Å²) in [5.41, 5.74) is 3.23. The average Bonchev–Trinajstić information content (AvgIpc) is 2.78. The molecule has 6 heteroatoms. The lowest BCUT2D eigenvalue weighted by Gasteiger charge is -2.14. The van der Waals surface area contributed by atoms with Crippen LogP contribution in [0.5, 0.6) is 17.2 Å². The Hall–Kier alpha value is -2.99. The van der Waals surface area contributed by atoms with Crippen LogP contribution in [0.15, 0.2) is 53.7 Å². The van der Waals surface area contributed by atoms with Crippen LogP contribution in [0.4, 0.5) is 0 Å². The van der Waals surface area contributed by atoms with Crippen molar-refractivity contribution in [3.05, 3.63) is 65.2 Å². The maximum atomic E-state index is 6.03. The van der Waals surface area contributed by atoms with E-state index in [9.17, 15) is 0 Å². The van der Waals surface area contributed by atoms with Crippen LogP contribution in [0, 0.1) is 13.8 Å². The standard InChI is InChI=1S/C26H35NO5/c1-5-6-13-31-25-17-21(2)26(22(3)18-25)32-15-8-7-14-30-24-11-9-10-23(19-24)20-29-16-12-27-28-4/h5-6,9-12,17-19H,7-8,13-16,20H2,1-4H3/b6-5+,27-12+. The lowest BCUT2D eigenvalue weighted by molar-refractivity contribution is 0.154. The van der Waals surface area contributed by atoms with E-state index in [-0.39, 0.29) is 0 Å². The van der Waals surface area contributed by atoms with Crippen LogP contribution in [-0.4, -0.2) is 39.8 Å². The first-order valence-electron chi connectivity index (χ1n) is 11.0. The van der Waals surface area contributed by atoms with E-state index < -0.39 is 0 Å². The van der Waals surface area contributed by atoms with Gasteiger partial charge in [0.05, 0.1) is 32.6 Å². The third-order valence-electron chi connectivity index (χ3n) is 4.61. The minimum Gasteiger partial charge on any atom is -0.494 e. The van der Waals surface area contributed by atoms with Crippen molar-refractivity contribution in [3.8, 4) is 17.2 Å². The van der Waals surface area contributed by atoms with Crippen LogP contribution in [0.25, 0.3) is 0 Å². The van der Waals surface area contributed by atoms with Gasteiger partial charge in [-0.05, 0) is 74.6 Å². The van der Waals surface area contributed by atoms with E-state index in [0.717, 1.165) is 46.8 Å². The van der Waals surface area contributed by atoms with Crippen molar-refractivity contribution in [2.45, 2.75) is 40.2 Å². The van der Waals surface area contributed by atoms with Gasteiger partial charge in [-0.15, -0.1) is 0 Å². The number of oxime groups is 1. The molecule has 0 amide bonds. The maximum absolute atomic E-state index is 6.03. The van der Waals surface area contributed by atoms with Gasteiger partial charge in [0.1, 0.15) is 31.0 Å². The van der Waals surface area contributed by atoms with E-state index in [1.165, 1.54) is 7.11 Å². The Labute approximate surface area is 191 Å². The molecule has 0 fully saturated rings. The van der Waals surface area contributed by atoms with Gasteiger partial charge in [-0.25, -0.2) is 0 Å². The van der Waals surface area contributed by atoms with Crippen LogP contribution in [0.3, 0.4) is 0 Å². The monoisotopic (exact) mass is 441 g/mol. The molecule has 2 rings (SSSR count). The summed E-state index contributed by atoms with van der Waals surface area (Å²) in [4.78, 5) is 4.60. The molecule has 0 spiro atoms. The second-order valence-electron chi connectivity index (χ2n) is 7.30. The van der Waals surface area contributed by atoms with Gasteiger partial charge < -0.3 is 23.8 Å². The van der Waals surface area contributed by atoms with Gasteiger partial charge >= 0.3 is 0 Å². The van der Waals surface area contributed by atoms with Crippen LogP contribution >= 0.6 is 0 Å². The van der Waals surface area contributed by atoms with Gasteiger partial charge in [0.15, 0.2) is 0 Å². The van der Waals surface area contributed by atoms with Crippen LogP contribution in [-0.2, 0) is 16.2 Å². The normalized spacial score (nSPS) is 11.2. The third-order valence-corrected chi connectivity index (χ3v) is 4.61. The molecule has 0 heterocycles. The number of nitrogens with zero attached hydrogens (tertiary/aromatic N) is 1. The van der Waals surface area contributed by atoms with Crippen LogP contribution < -0.4 is 14.2 Å². The van der Waals surface area contributed by atoms with Crippen molar-refractivity contribution >= 4 is 6.21 Å². The maximum Gasteiger partial charge on any atom is 0.125 e. The Bertz CT molecular complexity index is 840. The molecule has 0 atom stereocenters. The smallest absolute Gasteiger partial charge is 0.125 e. The van der Waals surface area contributed by atoms with E-state index in [1.807, 2.05) is 55.5 Å². The van der Waals surface area contributed by atoms with Gasteiger partial charge in [-0.3, -0.25) is 0 Å². The summed E-state index contributed by atoms with van der Waals surface area (Å²) in [6, 6.07) is 12.0. The molecular weight excluding hydrogens is 406 g/mol. The Kier molecular flexibility index (Phi) is 11.8. The van der Waals surface area contributed by atoms with Crippen molar-refractivity contribution in [3.63, 3.8) is 0 Å². The largest absolute Gasteiger partial charge is 0.494 e. The third kappa shape index (κ3) is 9.43. The number of aryl methyl sites for hydroxylation is 2. The zero-order valence-electron chi connectivity index (χ0n) is 19.6. The van der Waals surface area contributed by atoms with Crippen molar-refractivity contribution in [1.29, 1.82) is 0 Å². The Morgan fingerprint density at radius 3 is 2.34 bits per heavy atom. The molecule has 0 N–H and O–H groups in total. The van der Waals surface area contributed by atoms with E-state index in [2.05, 4.69) is 23.8 Å². The number of hydrogen-bond donors (Lipinski definition) is 0. The minimum absolute atomic E-state index is 0.407. The highest BCUT2D eigenvalue weighted by Gasteiger charge is 2.07. The number of hydrogen-bond acceptors (Lipinski definition) is 6. The summed E-state index contributed by atoms with van der Waals surface area (Å²) < 4.78 is 23.2. The van der Waals surface area contributed by atoms with Gasteiger partial charge in [0, 0.05) is 0 Å². The lowest BCUT2D eigenvalue weighted by Crippen LogP contribution is -2.05. The second-order valence-corrected chi connectivity index (χ2v) is 7.30. The first-order chi connectivity index (χ1) is 15.6. The fraction of sp³-hybridized carbons (Fsp3) is 0.423. The zero-order chi connectivity index (χ0) is 23.0. The molecule has 0 bridgehead atoms. The highest BCUT2D eigenvalue weighted by molar-refractivity contribution is 5.57. The number of unbranched alkanes of at least 4 members (excludes halogenated alkanes) is 1. The summed E-state index contributed by atoms with van der Waals surface area (Å²) in [5, 5.41) is 3.64. The Morgan fingerprint density at radius 1 is 0.875 bits per heavy atom. The lowest BCUT2D eigenvalue weighted by atomic mass is 10.1. The molecule has 6 nitrogen and oxygen atoms in total. The molecule has 32 heavy (non-hydrogen) atoms. The van der Waals surface area contributed by atoms with E-state index in [4.69, 9.17) is 18.9 Å². The molecule has 0 aliphatic carbocycles. The van der Waals surface area contributed by atoms with E-state index in [1.54, 1.807) is 6.21 Å². The molecular formula is C26H35NO5.